The minimum atomic E-state index is 0.0339. The average molecular weight is 196 g/mol. The molecule has 0 radical (unpaired) electrons. The Labute approximate surface area is 88.6 Å². The van der Waals surface area contributed by atoms with Gasteiger partial charge in [-0.2, -0.15) is 0 Å². The predicted octanol–water partition coefficient (Wildman–Crippen LogP) is 1.90. The van der Waals surface area contributed by atoms with E-state index in [-0.39, 0.29) is 11.6 Å². The Morgan fingerprint density at radius 2 is 1.93 bits per heavy atom. The van der Waals surface area contributed by atoms with Crippen molar-refractivity contribution >= 4 is 0 Å². The van der Waals surface area contributed by atoms with Gasteiger partial charge in [-0.1, -0.05) is 33.1 Å². The first-order valence-electron chi connectivity index (χ1n) is 5.61. The average Bonchev–Trinajstić information content (AvgIpc) is 2.25. The number of nitrogens with one attached hydrogen (secondary N) is 1. The monoisotopic (exact) mass is 196 g/mol. The third-order valence-electron chi connectivity index (χ3n) is 3.00. The smallest absolute Gasteiger partial charge is 0.0691 e. The van der Waals surface area contributed by atoms with Crippen molar-refractivity contribution in [1.29, 1.82) is 0 Å². The Morgan fingerprint density at radius 3 is 2.21 bits per heavy atom. The maximum Gasteiger partial charge on any atom is 0.0691 e. The fourth-order valence-corrected chi connectivity index (χ4v) is 1.66. The Balaban J connectivity index is 4.33. The van der Waals surface area contributed by atoms with E-state index in [1.165, 1.54) is 0 Å². The molecule has 2 nitrogen and oxygen atoms in total. The van der Waals surface area contributed by atoms with E-state index in [1.807, 2.05) is 0 Å². The fourth-order valence-electron chi connectivity index (χ4n) is 1.66. The molecule has 0 bridgehead atoms. The van der Waals surface area contributed by atoms with Gasteiger partial charge in [-0.25, -0.2) is 0 Å². The molecule has 1 atom stereocenters. The van der Waals surface area contributed by atoms with Gasteiger partial charge < -0.3 is 5.73 Å². The standard InChI is InChI=1S/C12H24N2/c1-5-9-11(6-2)14-12(7-3,8-4)10-13/h2,11,14H,5,7-10,13H2,1,3-4H3. The molecule has 3 N–H and O–H groups in total. The van der Waals surface area contributed by atoms with Gasteiger partial charge in [-0.15, -0.1) is 6.42 Å². The van der Waals surface area contributed by atoms with Gasteiger partial charge in [-0.05, 0) is 19.3 Å². The number of hydrogen-bond acceptors (Lipinski definition) is 2. The Morgan fingerprint density at radius 1 is 1.36 bits per heavy atom. The Kier molecular flexibility index (Phi) is 6.61. The molecule has 0 aromatic heterocycles. The van der Waals surface area contributed by atoms with Gasteiger partial charge in [0.15, 0.2) is 0 Å². The van der Waals surface area contributed by atoms with Crippen molar-refractivity contribution in [2.45, 2.75) is 58.0 Å². The molecule has 0 aliphatic carbocycles. The topological polar surface area (TPSA) is 38.0 Å². The SMILES string of the molecule is C#CC(CCC)NC(CC)(CC)CN. The first kappa shape index (κ1) is 13.5. The van der Waals surface area contributed by atoms with Crippen LogP contribution in [-0.2, 0) is 0 Å². The summed E-state index contributed by atoms with van der Waals surface area (Å²) in [5.74, 6) is 2.79. The van der Waals surface area contributed by atoms with E-state index >= 15 is 0 Å². The maximum absolute atomic E-state index is 5.80. The third-order valence-corrected chi connectivity index (χ3v) is 3.00. The third kappa shape index (κ3) is 3.69. The van der Waals surface area contributed by atoms with Gasteiger partial charge >= 0.3 is 0 Å². The second kappa shape index (κ2) is 6.86. The van der Waals surface area contributed by atoms with Crippen molar-refractivity contribution in [3.05, 3.63) is 0 Å². The van der Waals surface area contributed by atoms with Gasteiger partial charge in [0.05, 0.1) is 6.04 Å². The molecule has 0 rings (SSSR count). The van der Waals surface area contributed by atoms with Crippen LogP contribution in [0.15, 0.2) is 0 Å². The van der Waals surface area contributed by atoms with E-state index in [2.05, 4.69) is 32.0 Å². The highest BCUT2D eigenvalue weighted by Gasteiger charge is 2.25. The lowest BCUT2D eigenvalue weighted by molar-refractivity contribution is 0.287. The summed E-state index contributed by atoms with van der Waals surface area (Å²) in [6.07, 6.45) is 9.67. The quantitative estimate of drug-likeness (QED) is 0.610. The molecule has 0 aromatic carbocycles. The van der Waals surface area contributed by atoms with Crippen molar-refractivity contribution in [3.8, 4) is 12.3 Å². The van der Waals surface area contributed by atoms with Crippen LogP contribution in [0.1, 0.15) is 46.5 Å². The van der Waals surface area contributed by atoms with Crippen molar-refractivity contribution in [1.82, 2.24) is 5.32 Å². The number of nitrogens with two attached hydrogens (primary N) is 1. The van der Waals surface area contributed by atoms with E-state index in [4.69, 9.17) is 12.2 Å². The highest BCUT2D eigenvalue weighted by atomic mass is 15.0. The van der Waals surface area contributed by atoms with Crippen LogP contribution >= 0.6 is 0 Å². The van der Waals surface area contributed by atoms with Gasteiger partial charge in [0.1, 0.15) is 0 Å². The van der Waals surface area contributed by atoms with Gasteiger partial charge in [0, 0.05) is 12.1 Å². The molecule has 0 heterocycles. The van der Waals surface area contributed by atoms with Crippen molar-refractivity contribution in [2.24, 2.45) is 5.73 Å². The minimum absolute atomic E-state index is 0.0339. The summed E-state index contributed by atoms with van der Waals surface area (Å²) >= 11 is 0. The summed E-state index contributed by atoms with van der Waals surface area (Å²) in [7, 11) is 0. The normalized spacial score (nSPS) is 13.6. The molecule has 0 saturated carbocycles. The lowest BCUT2D eigenvalue weighted by atomic mass is 9.91. The zero-order valence-electron chi connectivity index (χ0n) is 9.77. The Bertz CT molecular complexity index is 169. The molecule has 0 aliphatic rings. The van der Waals surface area contributed by atoms with E-state index in [9.17, 15) is 0 Å². The predicted molar refractivity (Wildman–Crippen MR) is 63.0 cm³/mol. The molecule has 1 unspecified atom stereocenters. The van der Waals surface area contributed by atoms with E-state index in [0.717, 1.165) is 25.7 Å². The largest absolute Gasteiger partial charge is 0.329 e. The summed E-state index contributed by atoms with van der Waals surface area (Å²) in [4.78, 5) is 0. The molecule has 14 heavy (non-hydrogen) atoms. The zero-order chi connectivity index (χ0) is 11.0. The first-order valence-corrected chi connectivity index (χ1v) is 5.61. The molecular weight excluding hydrogens is 172 g/mol. The molecule has 0 aliphatic heterocycles. The van der Waals surface area contributed by atoms with Crippen molar-refractivity contribution in [3.63, 3.8) is 0 Å². The van der Waals surface area contributed by atoms with Crippen molar-refractivity contribution in [2.75, 3.05) is 6.54 Å². The fraction of sp³-hybridized carbons (Fsp3) is 0.833. The first-order chi connectivity index (χ1) is 6.67. The second-order valence-corrected chi connectivity index (χ2v) is 3.84. The van der Waals surface area contributed by atoms with Crippen LogP contribution < -0.4 is 11.1 Å². The molecule has 0 aromatic rings. The van der Waals surface area contributed by atoms with Gasteiger partial charge in [-0.3, -0.25) is 5.32 Å². The number of hydrogen-bond donors (Lipinski definition) is 2. The van der Waals surface area contributed by atoms with Gasteiger partial charge in [0.2, 0.25) is 0 Å². The van der Waals surface area contributed by atoms with Crippen LogP contribution in [0.5, 0.6) is 0 Å². The lowest BCUT2D eigenvalue weighted by Gasteiger charge is -2.34. The van der Waals surface area contributed by atoms with Gasteiger partial charge in [0.25, 0.3) is 0 Å². The minimum Gasteiger partial charge on any atom is -0.329 e. The van der Waals surface area contributed by atoms with Crippen LogP contribution in [0.4, 0.5) is 0 Å². The molecule has 0 spiro atoms. The molecule has 0 fully saturated rings. The molecule has 0 amide bonds. The summed E-state index contributed by atoms with van der Waals surface area (Å²) in [5, 5.41) is 3.51. The van der Waals surface area contributed by atoms with Crippen LogP contribution in [-0.4, -0.2) is 18.1 Å². The molecule has 2 heteroatoms. The van der Waals surface area contributed by atoms with Crippen LogP contribution in [0, 0.1) is 12.3 Å². The van der Waals surface area contributed by atoms with Crippen LogP contribution in [0.25, 0.3) is 0 Å². The van der Waals surface area contributed by atoms with E-state index in [0.29, 0.717) is 6.54 Å². The Hall–Kier alpha value is -0.520. The molecule has 0 saturated heterocycles. The summed E-state index contributed by atoms with van der Waals surface area (Å²) < 4.78 is 0. The summed E-state index contributed by atoms with van der Waals surface area (Å²) in [5.41, 5.74) is 5.83. The summed E-state index contributed by atoms with van der Waals surface area (Å²) in [6, 6.07) is 0.170. The van der Waals surface area contributed by atoms with Crippen LogP contribution in [0.3, 0.4) is 0 Å². The number of rotatable bonds is 7. The molecule has 82 valence electrons. The van der Waals surface area contributed by atoms with E-state index < -0.39 is 0 Å². The molecular formula is C12H24N2. The summed E-state index contributed by atoms with van der Waals surface area (Å²) in [6.45, 7) is 7.11. The lowest BCUT2D eigenvalue weighted by Crippen LogP contribution is -2.54. The highest BCUT2D eigenvalue weighted by Crippen LogP contribution is 2.15. The number of terminal acetylenes is 1. The van der Waals surface area contributed by atoms with Crippen molar-refractivity contribution < 1.29 is 0 Å². The van der Waals surface area contributed by atoms with Crippen LogP contribution in [0.2, 0.25) is 0 Å². The van der Waals surface area contributed by atoms with E-state index in [1.54, 1.807) is 0 Å². The second-order valence-electron chi connectivity index (χ2n) is 3.84. The maximum atomic E-state index is 5.80. The zero-order valence-corrected chi connectivity index (χ0v) is 9.77. The highest BCUT2D eigenvalue weighted by molar-refractivity contribution is 5.03.